The van der Waals surface area contributed by atoms with Crippen LogP contribution in [0.25, 0.3) is 6.08 Å². The van der Waals surface area contributed by atoms with Gasteiger partial charge >= 0.3 is 0 Å². The number of nitrogens with zero attached hydrogens (tertiary/aromatic N) is 1. The number of benzene rings is 2. The van der Waals surface area contributed by atoms with Crippen LogP contribution in [-0.2, 0) is 0 Å². The lowest BCUT2D eigenvalue weighted by Gasteiger charge is -2.04. The second kappa shape index (κ2) is 7.56. The van der Waals surface area contributed by atoms with Gasteiger partial charge < -0.3 is 5.11 Å². The van der Waals surface area contributed by atoms with Crippen molar-refractivity contribution >= 4 is 33.6 Å². The number of phenols is 1. The van der Waals surface area contributed by atoms with Gasteiger partial charge in [0.05, 0.1) is 11.3 Å². The highest BCUT2D eigenvalue weighted by Gasteiger charge is 2.10. The fraction of sp³-hybridized carbons (Fsp3) is 0.0588. The molecule has 112 valence electrons. The summed E-state index contributed by atoms with van der Waals surface area (Å²) in [5.74, 6) is -0.556. The summed E-state index contributed by atoms with van der Waals surface area (Å²) in [7, 11) is 0. The minimum atomic E-state index is -0.466. The molecule has 0 aromatic heterocycles. The Hall–Kier alpha value is -2.40. The summed E-state index contributed by atoms with van der Waals surface area (Å²) in [5.41, 5.74) is 4.28. The second-order valence-corrected chi connectivity index (χ2v) is 5.52. The van der Waals surface area contributed by atoms with Gasteiger partial charge in [0.2, 0.25) is 0 Å². The maximum atomic E-state index is 12.0. The number of hydrogen-bond donors (Lipinski definition) is 2. The molecule has 1 amide bonds. The van der Waals surface area contributed by atoms with Crippen molar-refractivity contribution in [2.75, 3.05) is 0 Å². The number of amides is 1. The van der Waals surface area contributed by atoms with E-state index in [1.54, 1.807) is 19.1 Å². The monoisotopic (exact) mass is 358 g/mol. The predicted molar refractivity (Wildman–Crippen MR) is 91.9 cm³/mol. The van der Waals surface area contributed by atoms with Crippen molar-refractivity contribution in [2.45, 2.75) is 6.92 Å². The lowest BCUT2D eigenvalue weighted by atomic mass is 10.2. The molecule has 0 aliphatic rings. The summed E-state index contributed by atoms with van der Waals surface area (Å²) >= 11 is 3.26. The fourth-order valence-corrected chi connectivity index (χ4v) is 2.07. The van der Waals surface area contributed by atoms with Crippen LogP contribution in [0.2, 0.25) is 0 Å². The Labute approximate surface area is 137 Å². The number of halogens is 1. The van der Waals surface area contributed by atoms with E-state index in [1.165, 1.54) is 12.1 Å². The van der Waals surface area contributed by atoms with E-state index in [0.717, 1.165) is 5.56 Å². The van der Waals surface area contributed by atoms with E-state index in [0.29, 0.717) is 10.2 Å². The van der Waals surface area contributed by atoms with Crippen LogP contribution in [0.15, 0.2) is 64.2 Å². The van der Waals surface area contributed by atoms with Crippen LogP contribution in [0, 0.1) is 0 Å². The molecule has 0 radical (unpaired) electrons. The van der Waals surface area contributed by atoms with Gasteiger partial charge in [0.15, 0.2) is 0 Å². The first-order valence-electron chi connectivity index (χ1n) is 6.62. The van der Waals surface area contributed by atoms with Gasteiger partial charge in [-0.2, -0.15) is 5.10 Å². The first-order chi connectivity index (χ1) is 10.6. The summed E-state index contributed by atoms with van der Waals surface area (Å²) in [6, 6.07) is 14.4. The molecule has 0 unspecified atom stereocenters. The van der Waals surface area contributed by atoms with Crippen molar-refractivity contribution < 1.29 is 9.90 Å². The van der Waals surface area contributed by atoms with Crippen LogP contribution in [-0.4, -0.2) is 16.7 Å². The van der Waals surface area contributed by atoms with E-state index < -0.39 is 5.91 Å². The minimum Gasteiger partial charge on any atom is -0.507 e. The van der Waals surface area contributed by atoms with Gasteiger partial charge in [0, 0.05) is 4.47 Å². The zero-order chi connectivity index (χ0) is 15.9. The molecule has 0 fully saturated rings. The van der Waals surface area contributed by atoms with E-state index in [1.807, 2.05) is 36.4 Å². The van der Waals surface area contributed by atoms with Gasteiger partial charge in [-0.25, -0.2) is 5.43 Å². The summed E-state index contributed by atoms with van der Waals surface area (Å²) in [6.07, 6.45) is 3.71. The molecule has 0 bridgehead atoms. The van der Waals surface area contributed by atoms with Crippen molar-refractivity contribution in [1.82, 2.24) is 5.43 Å². The smallest absolute Gasteiger partial charge is 0.275 e. The third-order valence-electron chi connectivity index (χ3n) is 2.85. The molecular formula is C17H15BrN2O2. The minimum absolute atomic E-state index is 0.0895. The first kappa shape index (κ1) is 16.0. The Balaban J connectivity index is 2.03. The lowest BCUT2D eigenvalue weighted by molar-refractivity contribution is 0.0952. The first-order valence-corrected chi connectivity index (χ1v) is 7.42. The molecule has 0 aliphatic carbocycles. The average molecular weight is 359 g/mol. The Bertz CT molecular complexity index is 725. The van der Waals surface area contributed by atoms with Gasteiger partial charge in [-0.15, -0.1) is 0 Å². The number of carbonyl (C=O) groups excluding carboxylic acids is 1. The predicted octanol–water partition coefficient (Wildman–Crippen LogP) is 3.97. The number of hydrazone groups is 1. The van der Waals surface area contributed by atoms with E-state index in [4.69, 9.17) is 0 Å². The normalized spacial score (nSPS) is 11.6. The Kier molecular flexibility index (Phi) is 5.49. The summed E-state index contributed by atoms with van der Waals surface area (Å²) < 4.78 is 0.708. The number of nitrogens with one attached hydrogen (secondary N) is 1. The van der Waals surface area contributed by atoms with Crippen LogP contribution in [0.5, 0.6) is 5.75 Å². The molecule has 5 heteroatoms. The zero-order valence-electron chi connectivity index (χ0n) is 12.0. The highest BCUT2D eigenvalue weighted by atomic mass is 79.9. The maximum Gasteiger partial charge on any atom is 0.275 e. The quantitative estimate of drug-likeness (QED) is 0.641. The number of rotatable bonds is 4. The number of aromatic hydroxyl groups is 1. The van der Waals surface area contributed by atoms with Crippen LogP contribution in [0.3, 0.4) is 0 Å². The lowest BCUT2D eigenvalue weighted by Crippen LogP contribution is -2.18. The van der Waals surface area contributed by atoms with Crippen molar-refractivity contribution in [3.05, 3.63) is 70.2 Å². The molecule has 0 saturated heterocycles. The van der Waals surface area contributed by atoms with Gasteiger partial charge in [0.25, 0.3) is 5.91 Å². The second-order valence-electron chi connectivity index (χ2n) is 4.60. The van der Waals surface area contributed by atoms with Crippen molar-refractivity contribution in [3.8, 4) is 5.75 Å². The van der Waals surface area contributed by atoms with E-state index in [2.05, 4.69) is 26.5 Å². The average Bonchev–Trinajstić information content (AvgIpc) is 2.54. The van der Waals surface area contributed by atoms with Crippen LogP contribution in [0.1, 0.15) is 22.8 Å². The number of hydrogen-bond acceptors (Lipinski definition) is 3. The van der Waals surface area contributed by atoms with Gasteiger partial charge in [0.1, 0.15) is 5.75 Å². The van der Waals surface area contributed by atoms with E-state index >= 15 is 0 Å². The molecule has 0 spiro atoms. The Morgan fingerprint density at radius 3 is 2.68 bits per heavy atom. The molecular weight excluding hydrogens is 344 g/mol. The largest absolute Gasteiger partial charge is 0.507 e. The fourth-order valence-electron chi connectivity index (χ4n) is 1.71. The topological polar surface area (TPSA) is 61.7 Å². The van der Waals surface area contributed by atoms with Gasteiger partial charge in [-0.3, -0.25) is 4.79 Å². The van der Waals surface area contributed by atoms with E-state index in [-0.39, 0.29) is 11.3 Å². The molecule has 2 aromatic carbocycles. The zero-order valence-corrected chi connectivity index (χ0v) is 13.5. The van der Waals surface area contributed by atoms with Crippen molar-refractivity contribution in [2.24, 2.45) is 5.10 Å². The highest BCUT2D eigenvalue weighted by Crippen LogP contribution is 2.21. The van der Waals surface area contributed by atoms with Gasteiger partial charge in [-0.1, -0.05) is 52.3 Å². The molecule has 0 heterocycles. The van der Waals surface area contributed by atoms with Crippen molar-refractivity contribution in [1.29, 1.82) is 0 Å². The molecule has 0 atom stereocenters. The summed E-state index contributed by atoms with van der Waals surface area (Å²) in [5, 5.41) is 13.7. The SMILES string of the molecule is CC(C=Cc1ccccc1)=NNC(=O)c1cc(Br)ccc1O. The van der Waals surface area contributed by atoms with Gasteiger partial charge in [-0.05, 0) is 36.8 Å². The molecule has 4 nitrogen and oxygen atoms in total. The van der Waals surface area contributed by atoms with Crippen LogP contribution >= 0.6 is 15.9 Å². The molecule has 2 N–H and O–H groups in total. The van der Waals surface area contributed by atoms with Crippen LogP contribution in [0.4, 0.5) is 0 Å². The summed E-state index contributed by atoms with van der Waals surface area (Å²) in [4.78, 5) is 12.0. The summed E-state index contributed by atoms with van der Waals surface area (Å²) in [6.45, 7) is 1.78. The molecule has 2 aromatic rings. The molecule has 0 aliphatic heterocycles. The van der Waals surface area contributed by atoms with Crippen molar-refractivity contribution in [3.63, 3.8) is 0 Å². The molecule has 22 heavy (non-hydrogen) atoms. The third kappa shape index (κ3) is 4.56. The van der Waals surface area contributed by atoms with Crippen LogP contribution < -0.4 is 5.43 Å². The number of carbonyl (C=O) groups is 1. The number of allylic oxidation sites excluding steroid dienone is 1. The third-order valence-corrected chi connectivity index (χ3v) is 3.35. The molecule has 0 saturated carbocycles. The maximum absolute atomic E-state index is 12.0. The Morgan fingerprint density at radius 1 is 1.23 bits per heavy atom. The highest BCUT2D eigenvalue weighted by molar-refractivity contribution is 9.10. The Morgan fingerprint density at radius 2 is 1.95 bits per heavy atom. The molecule has 2 rings (SSSR count). The van der Waals surface area contributed by atoms with E-state index in [9.17, 15) is 9.90 Å². The standard InChI is InChI=1S/C17H15BrN2O2/c1-12(7-8-13-5-3-2-4-6-13)19-20-17(22)15-11-14(18)9-10-16(15)21/h2-11,21H,1H3,(H,20,22). The number of phenolic OH excluding ortho intramolecular Hbond substituents is 1.